The van der Waals surface area contributed by atoms with E-state index in [9.17, 15) is 14.9 Å². The van der Waals surface area contributed by atoms with E-state index in [1.807, 2.05) is 32.0 Å². The molecule has 1 aromatic carbocycles. The summed E-state index contributed by atoms with van der Waals surface area (Å²) in [6.45, 7) is 4.82. The summed E-state index contributed by atoms with van der Waals surface area (Å²) < 4.78 is 4.99. The molecule has 1 aromatic heterocycles. The van der Waals surface area contributed by atoms with E-state index in [1.54, 1.807) is 25.1 Å². The summed E-state index contributed by atoms with van der Waals surface area (Å²) >= 11 is 0. The third-order valence-electron chi connectivity index (χ3n) is 3.93. The first-order valence-electron chi connectivity index (χ1n) is 7.61. The van der Waals surface area contributed by atoms with Crippen molar-refractivity contribution in [1.29, 1.82) is 5.26 Å². The van der Waals surface area contributed by atoms with Crippen LogP contribution in [0.5, 0.6) is 0 Å². The molecule has 0 unspecified atom stereocenters. The summed E-state index contributed by atoms with van der Waals surface area (Å²) in [7, 11) is 0. The summed E-state index contributed by atoms with van der Waals surface area (Å²) in [5, 5.41) is 12.7. The summed E-state index contributed by atoms with van der Waals surface area (Å²) in [4.78, 5) is 28.2. The van der Waals surface area contributed by atoms with Crippen LogP contribution in [0.1, 0.15) is 31.3 Å². The van der Waals surface area contributed by atoms with Gasteiger partial charge in [0.2, 0.25) is 0 Å². The van der Waals surface area contributed by atoms with Crippen molar-refractivity contribution in [1.82, 2.24) is 10.3 Å². The molecule has 0 bridgehead atoms. The van der Waals surface area contributed by atoms with Gasteiger partial charge in [-0.25, -0.2) is 9.78 Å². The molecule has 2 aromatic rings. The van der Waals surface area contributed by atoms with Crippen molar-refractivity contribution >= 4 is 22.8 Å². The number of nitrogens with zero attached hydrogens (tertiary/aromatic N) is 2. The van der Waals surface area contributed by atoms with Gasteiger partial charge >= 0.3 is 5.97 Å². The molecule has 0 saturated carbocycles. The van der Waals surface area contributed by atoms with Gasteiger partial charge in [0.25, 0.3) is 5.91 Å². The molecule has 0 aliphatic heterocycles. The van der Waals surface area contributed by atoms with Crippen LogP contribution in [0.3, 0.4) is 0 Å². The fourth-order valence-electron chi connectivity index (χ4n) is 2.01. The van der Waals surface area contributed by atoms with E-state index < -0.39 is 24.0 Å². The van der Waals surface area contributed by atoms with E-state index in [0.717, 1.165) is 5.39 Å². The van der Waals surface area contributed by atoms with Crippen molar-refractivity contribution in [3.8, 4) is 6.07 Å². The molecule has 1 heterocycles. The van der Waals surface area contributed by atoms with Gasteiger partial charge in [-0.1, -0.05) is 38.1 Å². The molecule has 6 nitrogen and oxygen atoms in total. The summed E-state index contributed by atoms with van der Waals surface area (Å²) in [6, 6.07) is 12.8. The van der Waals surface area contributed by atoms with Gasteiger partial charge in [-0.2, -0.15) is 5.26 Å². The maximum absolute atomic E-state index is 12.0. The van der Waals surface area contributed by atoms with Crippen LogP contribution in [0.15, 0.2) is 36.4 Å². The Morgan fingerprint density at radius 3 is 2.67 bits per heavy atom. The number of para-hydroxylation sites is 1. The second-order valence-corrected chi connectivity index (χ2v) is 5.98. The first-order chi connectivity index (χ1) is 11.4. The molecule has 6 heteroatoms. The van der Waals surface area contributed by atoms with Crippen molar-refractivity contribution < 1.29 is 14.3 Å². The Morgan fingerprint density at radius 1 is 1.29 bits per heavy atom. The number of esters is 1. The number of hydrogen-bond acceptors (Lipinski definition) is 5. The first-order valence-corrected chi connectivity index (χ1v) is 7.61. The molecule has 0 spiro atoms. The molecule has 124 valence electrons. The lowest BCUT2D eigenvalue weighted by atomic mass is 9.90. The maximum Gasteiger partial charge on any atom is 0.357 e. The number of rotatable bonds is 5. The lowest BCUT2D eigenvalue weighted by Crippen LogP contribution is -2.50. The van der Waals surface area contributed by atoms with Crippen LogP contribution in [0, 0.1) is 17.2 Å². The van der Waals surface area contributed by atoms with Gasteiger partial charge < -0.3 is 10.1 Å². The molecule has 1 amide bonds. The van der Waals surface area contributed by atoms with Gasteiger partial charge in [0.05, 0.1) is 11.6 Å². The van der Waals surface area contributed by atoms with Crippen LogP contribution in [0.4, 0.5) is 0 Å². The van der Waals surface area contributed by atoms with Crippen molar-refractivity contribution in [2.24, 2.45) is 5.92 Å². The number of hydrogen-bond donors (Lipinski definition) is 1. The summed E-state index contributed by atoms with van der Waals surface area (Å²) in [6.07, 6.45) is 0. The molecular formula is C18H19N3O3. The number of aromatic nitrogens is 1. The topological polar surface area (TPSA) is 92.1 Å². The largest absolute Gasteiger partial charge is 0.451 e. The Labute approximate surface area is 140 Å². The van der Waals surface area contributed by atoms with Crippen LogP contribution < -0.4 is 5.32 Å². The van der Waals surface area contributed by atoms with E-state index in [1.165, 1.54) is 0 Å². The van der Waals surface area contributed by atoms with Crippen LogP contribution in [0.2, 0.25) is 0 Å². The highest BCUT2D eigenvalue weighted by Crippen LogP contribution is 2.15. The standard InChI is InChI=1S/C18H19N3O3/c1-12(2)18(3,11-19)21-16(22)10-24-17(23)15-9-8-13-6-4-5-7-14(13)20-15/h4-9,12H,10H2,1-3H3,(H,21,22)/t18-/m1/s1. The van der Waals surface area contributed by atoms with E-state index in [2.05, 4.69) is 16.4 Å². The molecule has 1 N–H and O–H groups in total. The number of amides is 1. The predicted octanol–water partition coefficient (Wildman–Crippen LogP) is 2.45. The zero-order chi connectivity index (χ0) is 17.7. The van der Waals surface area contributed by atoms with Gasteiger partial charge in [-0.3, -0.25) is 4.79 Å². The van der Waals surface area contributed by atoms with E-state index >= 15 is 0 Å². The van der Waals surface area contributed by atoms with Crippen molar-refractivity contribution in [2.75, 3.05) is 6.61 Å². The fraction of sp³-hybridized carbons (Fsp3) is 0.333. The van der Waals surface area contributed by atoms with Crippen LogP contribution >= 0.6 is 0 Å². The number of ether oxygens (including phenoxy) is 1. The van der Waals surface area contributed by atoms with Crippen molar-refractivity contribution in [2.45, 2.75) is 26.3 Å². The second kappa shape index (κ2) is 7.09. The molecular weight excluding hydrogens is 306 g/mol. The third kappa shape index (κ3) is 3.87. The van der Waals surface area contributed by atoms with Crippen LogP contribution in [-0.4, -0.2) is 29.0 Å². The number of nitriles is 1. The summed E-state index contributed by atoms with van der Waals surface area (Å²) in [5.41, 5.74) is -0.202. The average molecular weight is 325 g/mol. The third-order valence-corrected chi connectivity index (χ3v) is 3.93. The Morgan fingerprint density at radius 2 is 2.00 bits per heavy atom. The smallest absolute Gasteiger partial charge is 0.357 e. The quantitative estimate of drug-likeness (QED) is 0.852. The monoisotopic (exact) mass is 325 g/mol. The number of pyridine rings is 1. The molecule has 0 aliphatic rings. The predicted molar refractivity (Wildman–Crippen MR) is 89.0 cm³/mol. The zero-order valence-electron chi connectivity index (χ0n) is 13.9. The normalized spacial score (nSPS) is 13.1. The van der Waals surface area contributed by atoms with Crippen LogP contribution in [0.25, 0.3) is 10.9 Å². The number of carbonyl (C=O) groups excluding carboxylic acids is 2. The lowest BCUT2D eigenvalue weighted by Gasteiger charge is -2.27. The second-order valence-electron chi connectivity index (χ2n) is 5.98. The molecule has 1 atom stereocenters. The minimum atomic E-state index is -1.01. The fourth-order valence-corrected chi connectivity index (χ4v) is 2.01. The van der Waals surface area contributed by atoms with Gasteiger partial charge in [0, 0.05) is 5.39 Å². The van der Waals surface area contributed by atoms with Gasteiger partial charge in [0.1, 0.15) is 11.2 Å². The molecule has 0 saturated heterocycles. The highest BCUT2D eigenvalue weighted by Gasteiger charge is 2.30. The maximum atomic E-state index is 12.0. The van der Waals surface area contributed by atoms with Gasteiger partial charge in [-0.05, 0) is 25.0 Å². The number of fused-ring (bicyclic) bond motifs is 1. The molecule has 0 fully saturated rings. The first kappa shape index (κ1) is 17.4. The Hall–Kier alpha value is -2.94. The SMILES string of the molecule is CC(C)[C@@](C)(C#N)NC(=O)COC(=O)c1ccc2ccccc2n1. The van der Waals surface area contributed by atoms with E-state index in [-0.39, 0.29) is 11.6 Å². The van der Waals surface area contributed by atoms with Gasteiger partial charge in [-0.15, -0.1) is 0 Å². The minimum absolute atomic E-state index is 0.0793. The molecule has 0 radical (unpaired) electrons. The van der Waals surface area contributed by atoms with Gasteiger partial charge in [0.15, 0.2) is 6.61 Å². The molecule has 0 aliphatic carbocycles. The Balaban J connectivity index is 1.99. The van der Waals surface area contributed by atoms with Crippen LogP contribution in [-0.2, 0) is 9.53 Å². The highest BCUT2D eigenvalue weighted by atomic mass is 16.5. The number of carbonyl (C=O) groups is 2. The number of nitrogens with one attached hydrogen (secondary N) is 1. The average Bonchev–Trinajstić information content (AvgIpc) is 2.58. The zero-order valence-corrected chi connectivity index (χ0v) is 13.9. The molecule has 2 rings (SSSR count). The Bertz CT molecular complexity index is 811. The minimum Gasteiger partial charge on any atom is -0.451 e. The summed E-state index contributed by atoms with van der Waals surface area (Å²) in [5.74, 6) is -1.29. The van der Waals surface area contributed by atoms with E-state index in [4.69, 9.17) is 4.74 Å². The van der Waals surface area contributed by atoms with Crippen molar-refractivity contribution in [3.63, 3.8) is 0 Å². The molecule has 24 heavy (non-hydrogen) atoms. The number of benzene rings is 1. The Kier molecular flexibility index (Phi) is 5.14. The lowest BCUT2D eigenvalue weighted by molar-refractivity contribution is -0.125. The van der Waals surface area contributed by atoms with E-state index in [0.29, 0.717) is 5.52 Å². The van der Waals surface area contributed by atoms with Crippen molar-refractivity contribution in [3.05, 3.63) is 42.1 Å². The highest BCUT2D eigenvalue weighted by molar-refractivity contribution is 5.92.